The zero-order valence-electron chi connectivity index (χ0n) is 16.7. The monoisotopic (exact) mass is 433 g/mol. The van der Waals surface area contributed by atoms with E-state index in [1.165, 1.54) is 11.0 Å². The molecule has 1 unspecified atom stereocenters. The van der Waals surface area contributed by atoms with Crippen molar-refractivity contribution in [3.05, 3.63) is 70.8 Å². The predicted molar refractivity (Wildman–Crippen MR) is 105 cm³/mol. The molecule has 4 rings (SSSR count). The van der Waals surface area contributed by atoms with E-state index in [1.54, 1.807) is 12.1 Å². The lowest BCUT2D eigenvalue weighted by Gasteiger charge is -2.39. The van der Waals surface area contributed by atoms with Crippen LogP contribution in [0.2, 0.25) is 0 Å². The number of likely N-dealkylation sites (tertiary alicyclic amines) is 1. The van der Waals surface area contributed by atoms with E-state index in [-0.39, 0.29) is 19.6 Å². The van der Waals surface area contributed by atoms with Gasteiger partial charge in [-0.25, -0.2) is 9.59 Å². The van der Waals surface area contributed by atoms with Crippen molar-refractivity contribution in [3.63, 3.8) is 0 Å². The molecule has 1 N–H and O–H groups in total. The minimum Gasteiger partial charge on any atom is -0.479 e. The highest BCUT2D eigenvalue weighted by Crippen LogP contribution is 2.49. The fraction of sp³-hybridized carbons (Fsp3) is 0.391. The Kier molecular flexibility index (Phi) is 5.41. The summed E-state index contributed by atoms with van der Waals surface area (Å²) >= 11 is 0. The number of aryl methyl sites for hydroxylation is 1. The summed E-state index contributed by atoms with van der Waals surface area (Å²) < 4.78 is 44.7. The zero-order valence-corrected chi connectivity index (χ0v) is 16.7. The third-order valence-electron chi connectivity index (χ3n) is 6.34. The van der Waals surface area contributed by atoms with Gasteiger partial charge in [0.15, 0.2) is 5.54 Å². The Morgan fingerprint density at radius 1 is 1.16 bits per heavy atom. The van der Waals surface area contributed by atoms with E-state index in [9.17, 15) is 27.9 Å². The van der Waals surface area contributed by atoms with Gasteiger partial charge in [0, 0.05) is 12.5 Å². The van der Waals surface area contributed by atoms with E-state index in [2.05, 4.69) is 0 Å². The topological polar surface area (TPSA) is 66.8 Å². The second kappa shape index (κ2) is 7.90. The van der Waals surface area contributed by atoms with Crippen molar-refractivity contribution < 1.29 is 32.6 Å². The molecule has 2 atom stereocenters. The van der Waals surface area contributed by atoms with E-state index in [4.69, 9.17) is 4.74 Å². The Bertz CT molecular complexity index is 992. The zero-order chi connectivity index (χ0) is 22.2. The largest absolute Gasteiger partial charge is 0.479 e. The number of carboxylic acid groups (broad SMARTS) is 1. The lowest BCUT2D eigenvalue weighted by Crippen LogP contribution is -2.56. The van der Waals surface area contributed by atoms with Crippen LogP contribution in [0.3, 0.4) is 0 Å². The summed E-state index contributed by atoms with van der Waals surface area (Å²) in [5, 5.41) is 10.2. The number of carboxylic acids is 1. The fourth-order valence-electron chi connectivity index (χ4n) is 4.92. The standard InChI is InChI=1S/C23H22F3NO4/c24-23(25,26)17-8-9-18-16(13-17)7-10-19(18)22(20(28)29)11-4-12-27(22)21(30)31-14-15-5-2-1-3-6-15/h1-3,5-6,8-9,13,19H,4,7,10-12,14H2,(H,28,29)/t19?,22-/m0/s1. The van der Waals surface area contributed by atoms with Crippen molar-refractivity contribution >= 4 is 12.1 Å². The van der Waals surface area contributed by atoms with Crippen LogP contribution in [-0.2, 0) is 28.7 Å². The molecule has 31 heavy (non-hydrogen) atoms. The van der Waals surface area contributed by atoms with Crippen LogP contribution in [0.25, 0.3) is 0 Å². The molecule has 0 aromatic heterocycles. The maximum absolute atomic E-state index is 13.1. The fourth-order valence-corrected chi connectivity index (χ4v) is 4.92. The highest BCUT2D eigenvalue weighted by Gasteiger charge is 2.57. The number of benzene rings is 2. The summed E-state index contributed by atoms with van der Waals surface area (Å²) in [6.45, 7) is 0.245. The maximum atomic E-state index is 13.1. The molecule has 0 radical (unpaired) electrons. The predicted octanol–water partition coefficient (Wildman–Crippen LogP) is 4.99. The molecule has 2 aromatic carbocycles. The summed E-state index contributed by atoms with van der Waals surface area (Å²) in [5.41, 5.74) is -0.439. The highest BCUT2D eigenvalue weighted by atomic mass is 19.4. The van der Waals surface area contributed by atoms with Crippen LogP contribution in [0.5, 0.6) is 0 Å². The molecule has 1 fully saturated rings. The van der Waals surface area contributed by atoms with Crippen LogP contribution in [-0.4, -0.2) is 34.2 Å². The summed E-state index contributed by atoms with van der Waals surface area (Å²) in [5.74, 6) is -1.74. The number of rotatable bonds is 4. The molecule has 0 spiro atoms. The highest BCUT2D eigenvalue weighted by molar-refractivity contribution is 5.87. The van der Waals surface area contributed by atoms with E-state index in [0.29, 0.717) is 30.4 Å². The number of alkyl halides is 3. The minimum atomic E-state index is -4.46. The van der Waals surface area contributed by atoms with Crippen molar-refractivity contribution in [3.8, 4) is 0 Å². The smallest absolute Gasteiger partial charge is 0.416 e. The molecule has 1 heterocycles. The first-order valence-electron chi connectivity index (χ1n) is 10.2. The van der Waals surface area contributed by atoms with Crippen molar-refractivity contribution in [2.24, 2.45) is 0 Å². The minimum absolute atomic E-state index is 0.0159. The number of nitrogens with zero attached hydrogens (tertiary/aromatic N) is 1. The molecule has 1 aliphatic heterocycles. The Labute approximate surface area is 177 Å². The number of carbonyl (C=O) groups is 2. The molecule has 1 saturated heterocycles. The molecule has 164 valence electrons. The van der Waals surface area contributed by atoms with E-state index >= 15 is 0 Å². The molecule has 1 amide bonds. The molecular weight excluding hydrogens is 411 g/mol. The van der Waals surface area contributed by atoms with Crippen LogP contribution in [0.15, 0.2) is 48.5 Å². The van der Waals surface area contributed by atoms with Gasteiger partial charge < -0.3 is 9.84 Å². The van der Waals surface area contributed by atoms with Gasteiger partial charge in [-0.1, -0.05) is 36.4 Å². The first kappa shape index (κ1) is 21.2. The molecule has 0 saturated carbocycles. The van der Waals surface area contributed by atoms with Crippen LogP contribution in [0.4, 0.5) is 18.0 Å². The third-order valence-corrected chi connectivity index (χ3v) is 6.34. The van der Waals surface area contributed by atoms with Gasteiger partial charge in [-0.15, -0.1) is 0 Å². The van der Waals surface area contributed by atoms with Gasteiger partial charge in [-0.3, -0.25) is 4.90 Å². The van der Waals surface area contributed by atoms with Gasteiger partial charge in [0.05, 0.1) is 5.56 Å². The quantitative estimate of drug-likeness (QED) is 0.738. The van der Waals surface area contributed by atoms with Gasteiger partial charge in [-0.2, -0.15) is 13.2 Å². The number of aliphatic carboxylic acids is 1. The summed E-state index contributed by atoms with van der Waals surface area (Å²) in [4.78, 5) is 26.7. The molecule has 1 aliphatic carbocycles. The van der Waals surface area contributed by atoms with Gasteiger partial charge in [0.25, 0.3) is 0 Å². The Balaban J connectivity index is 1.62. The van der Waals surface area contributed by atoms with Crippen LogP contribution < -0.4 is 0 Å². The maximum Gasteiger partial charge on any atom is 0.416 e. The van der Waals surface area contributed by atoms with Crippen molar-refractivity contribution in [2.75, 3.05) is 6.54 Å². The Morgan fingerprint density at radius 2 is 1.90 bits per heavy atom. The molecule has 2 aliphatic rings. The number of hydrogen-bond donors (Lipinski definition) is 1. The number of hydrogen-bond acceptors (Lipinski definition) is 3. The average Bonchev–Trinajstić information content (AvgIpc) is 3.36. The summed E-state index contributed by atoms with van der Waals surface area (Å²) in [6, 6.07) is 12.5. The lowest BCUT2D eigenvalue weighted by atomic mass is 9.78. The third kappa shape index (κ3) is 3.75. The Morgan fingerprint density at radius 3 is 2.58 bits per heavy atom. The van der Waals surface area contributed by atoms with Gasteiger partial charge in [-0.05, 0) is 54.5 Å². The number of carbonyl (C=O) groups excluding carboxylic acids is 1. The van der Waals surface area contributed by atoms with Crippen LogP contribution >= 0.6 is 0 Å². The normalized spacial score (nSPS) is 22.9. The van der Waals surface area contributed by atoms with E-state index < -0.39 is 35.3 Å². The van der Waals surface area contributed by atoms with E-state index in [1.807, 2.05) is 18.2 Å². The Hall–Kier alpha value is -3.03. The SMILES string of the molecule is O=C(OCc1ccccc1)N1CCC[C@@]1(C(=O)O)C1CCc2cc(C(F)(F)F)ccc21. The number of ether oxygens (including phenoxy) is 1. The van der Waals surface area contributed by atoms with Gasteiger partial charge in [0.2, 0.25) is 0 Å². The van der Waals surface area contributed by atoms with Gasteiger partial charge >= 0.3 is 18.2 Å². The first-order valence-corrected chi connectivity index (χ1v) is 10.2. The number of amides is 1. The van der Waals surface area contributed by atoms with Crippen molar-refractivity contribution in [1.82, 2.24) is 4.90 Å². The van der Waals surface area contributed by atoms with Crippen molar-refractivity contribution in [2.45, 2.75) is 49.9 Å². The number of halogens is 3. The molecule has 8 heteroatoms. The number of fused-ring (bicyclic) bond motifs is 1. The second-order valence-electron chi connectivity index (χ2n) is 8.03. The van der Waals surface area contributed by atoms with E-state index in [0.717, 1.165) is 17.7 Å². The summed E-state index contributed by atoms with van der Waals surface area (Å²) in [6.07, 6.45) is -3.76. The van der Waals surface area contributed by atoms with Crippen molar-refractivity contribution in [1.29, 1.82) is 0 Å². The van der Waals surface area contributed by atoms with Crippen LogP contribution in [0.1, 0.15) is 47.4 Å². The van der Waals surface area contributed by atoms with Crippen LogP contribution in [0, 0.1) is 0 Å². The molecule has 2 aromatic rings. The lowest BCUT2D eigenvalue weighted by molar-refractivity contribution is -0.150. The molecular formula is C23H22F3NO4. The average molecular weight is 433 g/mol. The first-order chi connectivity index (χ1) is 14.7. The second-order valence-corrected chi connectivity index (χ2v) is 8.03. The molecule has 0 bridgehead atoms. The van der Waals surface area contributed by atoms with Gasteiger partial charge in [0.1, 0.15) is 6.61 Å². The molecule has 5 nitrogen and oxygen atoms in total. The summed E-state index contributed by atoms with van der Waals surface area (Å²) in [7, 11) is 0.